The molecule has 4 nitrogen and oxygen atoms in total. The van der Waals surface area contributed by atoms with Gasteiger partial charge in [0.1, 0.15) is 12.3 Å². The van der Waals surface area contributed by atoms with Gasteiger partial charge in [-0.05, 0) is 30.9 Å². The van der Waals surface area contributed by atoms with Crippen LogP contribution in [0.1, 0.15) is 30.7 Å². The maximum atomic E-state index is 13.2. The minimum Gasteiger partial charge on any atom is -0.383 e. The van der Waals surface area contributed by atoms with E-state index in [4.69, 9.17) is 10.00 Å². The average Bonchev–Trinajstić information content (AvgIpc) is 2.90. The molecule has 0 aliphatic heterocycles. The number of fused-ring (bicyclic) bond motifs is 1. The highest BCUT2D eigenvalue weighted by molar-refractivity contribution is 7.99. The Bertz CT molecular complexity index is 807. The van der Waals surface area contributed by atoms with Gasteiger partial charge in [-0.25, -0.2) is 0 Å². The first-order valence-electron chi connectivity index (χ1n) is 7.59. The lowest BCUT2D eigenvalue weighted by Crippen LogP contribution is -2.28. The normalized spacial score (nSPS) is 14.5. The number of ether oxygens (including phenoxy) is 1. The quantitative estimate of drug-likeness (QED) is 0.830. The summed E-state index contributed by atoms with van der Waals surface area (Å²) in [7, 11) is 1.43. The fourth-order valence-corrected chi connectivity index (χ4v) is 3.47. The van der Waals surface area contributed by atoms with Crippen LogP contribution in [0, 0.1) is 11.3 Å². The molecule has 0 spiro atoms. The minimum atomic E-state index is -4.64. The largest absolute Gasteiger partial charge is 0.417 e. The van der Waals surface area contributed by atoms with Crippen LogP contribution >= 0.6 is 11.8 Å². The molecule has 0 saturated carbocycles. The van der Waals surface area contributed by atoms with Gasteiger partial charge in [0.05, 0.1) is 28.4 Å². The van der Waals surface area contributed by atoms with Crippen LogP contribution < -0.4 is 0 Å². The van der Waals surface area contributed by atoms with Crippen molar-refractivity contribution in [2.24, 2.45) is 0 Å². The van der Waals surface area contributed by atoms with Crippen LogP contribution in [0.2, 0.25) is 0 Å². The number of benzene rings is 1. The van der Waals surface area contributed by atoms with Gasteiger partial charge in [0.2, 0.25) is 0 Å². The number of halogens is 3. The van der Waals surface area contributed by atoms with Crippen molar-refractivity contribution >= 4 is 22.7 Å². The van der Waals surface area contributed by atoms with E-state index in [-0.39, 0.29) is 12.2 Å². The second-order valence-corrected chi connectivity index (χ2v) is 7.13. The number of aromatic nitrogens is 1. The fourth-order valence-electron chi connectivity index (χ4n) is 2.73. The Kier molecular flexibility index (Phi) is 5.72. The molecule has 1 N–H and O–H groups in total. The third-order valence-electron chi connectivity index (χ3n) is 3.86. The van der Waals surface area contributed by atoms with Crippen LogP contribution in [0.15, 0.2) is 18.2 Å². The van der Waals surface area contributed by atoms with E-state index < -0.39 is 22.9 Å². The molecule has 0 bridgehead atoms. The van der Waals surface area contributed by atoms with Crippen molar-refractivity contribution in [2.45, 2.75) is 32.4 Å². The number of nitrogens with zero attached hydrogens (tertiary/aromatic N) is 2. The van der Waals surface area contributed by atoms with Gasteiger partial charge in [0, 0.05) is 18.2 Å². The topological polar surface area (TPSA) is 58.2 Å². The van der Waals surface area contributed by atoms with Gasteiger partial charge in [-0.2, -0.15) is 30.2 Å². The van der Waals surface area contributed by atoms with Gasteiger partial charge in [-0.15, -0.1) is 0 Å². The zero-order valence-electron chi connectivity index (χ0n) is 14.1. The second kappa shape index (κ2) is 7.28. The van der Waals surface area contributed by atoms with E-state index in [1.165, 1.54) is 29.5 Å². The Morgan fingerprint density at radius 2 is 2.00 bits per heavy atom. The Morgan fingerprint density at radius 1 is 1.32 bits per heavy atom. The van der Waals surface area contributed by atoms with E-state index in [0.29, 0.717) is 16.8 Å². The molecule has 1 aromatic carbocycles. The van der Waals surface area contributed by atoms with Crippen molar-refractivity contribution < 1.29 is 23.0 Å². The van der Waals surface area contributed by atoms with E-state index in [1.54, 1.807) is 19.1 Å². The molecule has 1 heterocycles. The number of methoxy groups -OCH3 is 1. The van der Waals surface area contributed by atoms with Crippen LogP contribution in [0.3, 0.4) is 0 Å². The molecule has 1 unspecified atom stereocenters. The van der Waals surface area contributed by atoms with Gasteiger partial charge in [0.15, 0.2) is 0 Å². The highest BCUT2D eigenvalue weighted by Crippen LogP contribution is 2.37. The first-order chi connectivity index (χ1) is 11.7. The van der Waals surface area contributed by atoms with Crippen LogP contribution in [0.5, 0.6) is 0 Å². The SMILES string of the molecule is CCSCC(C)(O)c1cc2cc(C#N)c(C(F)(F)F)cc2n1COC. The molecule has 2 aromatic rings. The van der Waals surface area contributed by atoms with Crippen molar-refractivity contribution in [3.8, 4) is 6.07 Å². The Labute approximate surface area is 148 Å². The number of rotatable bonds is 6. The van der Waals surface area contributed by atoms with E-state index in [1.807, 2.05) is 6.92 Å². The van der Waals surface area contributed by atoms with E-state index >= 15 is 0 Å². The molecule has 0 aliphatic carbocycles. The lowest BCUT2D eigenvalue weighted by atomic mass is 10.0. The maximum Gasteiger partial charge on any atom is 0.417 e. The van der Waals surface area contributed by atoms with Crippen LogP contribution in [0.4, 0.5) is 13.2 Å². The van der Waals surface area contributed by atoms with Crippen molar-refractivity contribution in [3.05, 3.63) is 35.0 Å². The number of hydrogen-bond acceptors (Lipinski definition) is 4. The molecule has 0 fully saturated rings. The monoisotopic (exact) mass is 372 g/mol. The molecule has 1 atom stereocenters. The van der Waals surface area contributed by atoms with Gasteiger partial charge in [-0.3, -0.25) is 0 Å². The van der Waals surface area contributed by atoms with Crippen LogP contribution in [-0.4, -0.2) is 28.3 Å². The molecule has 8 heteroatoms. The van der Waals surface area contributed by atoms with E-state index in [9.17, 15) is 18.3 Å². The first-order valence-corrected chi connectivity index (χ1v) is 8.75. The molecule has 0 aliphatic rings. The summed E-state index contributed by atoms with van der Waals surface area (Å²) in [5, 5.41) is 20.3. The van der Waals surface area contributed by atoms with Gasteiger partial charge < -0.3 is 14.4 Å². The lowest BCUT2D eigenvalue weighted by molar-refractivity contribution is -0.137. The van der Waals surface area contributed by atoms with E-state index in [0.717, 1.165) is 11.8 Å². The van der Waals surface area contributed by atoms with Crippen LogP contribution in [0.25, 0.3) is 10.9 Å². The highest BCUT2D eigenvalue weighted by Gasteiger charge is 2.35. The second-order valence-electron chi connectivity index (χ2n) is 5.85. The summed E-state index contributed by atoms with van der Waals surface area (Å²) >= 11 is 1.53. The third kappa shape index (κ3) is 3.94. The highest BCUT2D eigenvalue weighted by atomic mass is 32.2. The standard InChI is InChI=1S/C17H19F3N2O2S/c1-4-25-9-16(2,23)15-6-11-5-12(8-21)13(17(18,19)20)7-14(11)22(15)10-24-3/h5-7,23H,4,9-10H2,1-3H3. The summed E-state index contributed by atoms with van der Waals surface area (Å²) in [6, 6.07) is 5.37. The number of nitriles is 1. The van der Waals surface area contributed by atoms with Crippen LogP contribution in [-0.2, 0) is 23.2 Å². The molecule has 0 amide bonds. The number of aliphatic hydroxyl groups is 1. The van der Waals surface area contributed by atoms with Gasteiger partial charge in [-0.1, -0.05) is 6.92 Å². The molecule has 1 aromatic heterocycles. The summed E-state index contributed by atoms with van der Waals surface area (Å²) in [6.07, 6.45) is -4.64. The summed E-state index contributed by atoms with van der Waals surface area (Å²) < 4.78 is 46.4. The fraction of sp³-hybridized carbons (Fsp3) is 0.471. The molecular formula is C17H19F3N2O2S. The molecular weight excluding hydrogens is 353 g/mol. The molecule has 25 heavy (non-hydrogen) atoms. The Morgan fingerprint density at radius 3 is 2.52 bits per heavy atom. The Balaban J connectivity index is 2.73. The van der Waals surface area contributed by atoms with Crippen molar-refractivity contribution in [2.75, 3.05) is 18.6 Å². The van der Waals surface area contributed by atoms with Gasteiger partial charge in [0.25, 0.3) is 0 Å². The Hall–Kier alpha value is -1.69. The third-order valence-corrected chi connectivity index (χ3v) is 5.04. The predicted octanol–water partition coefficient (Wildman–Crippen LogP) is 4.10. The number of thioether (sulfide) groups is 1. The maximum absolute atomic E-state index is 13.2. The summed E-state index contributed by atoms with van der Waals surface area (Å²) in [5.41, 5.74) is -1.96. The molecule has 2 rings (SSSR count). The zero-order valence-corrected chi connectivity index (χ0v) is 15.0. The predicted molar refractivity (Wildman–Crippen MR) is 91.2 cm³/mol. The first kappa shape index (κ1) is 19.6. The minimum absolute atomic E-state index is 0.00499. The number of alkyl halides is 3. The summed E-state index contributed by atoms with van der Waals surface area (Å²) in [6.45, 7) is 3.57. The van der Waals surface area contributed by atoms with Crippen molar-refractivity contribution in [3.63, 3.8) is 0 Å². The summed E-state index contributed by atoms with van der Waals surface area (Å²) in [5.74, 6) is 1.19. The number of hydrogen-bond donors (Lipinski definition) is 1. The molecule has 0 saturated heterocycles. The van der Waals surface area contributed by atoms with Gasteiger partial charge >= 0.3 is 6.18 Å². The van der Waals surface area contributed by atoms with E-state index in [2.05, 4.69) is 0 Å². The lowest BCUT2D eigenvalue weighted by Gasteiger charge is -2.25. The molecule has 136 valence electrons. The van der Waals surface area contributed by atoms with Crippen molar-refractivity contribution in [1.29, 1.82) is 5.26 Å². The average molecular weight is 372 g/mol. The smallest absolute Gasteiger partial charge is 0.383 e. The zero-order chi connectivity index (χ0) is 18.8. The van der Waals surface area contributed by atoms with Crippen molar-refractivity contribution in [1.82, 2.24) is 4.57 Å². The molecule has 0 radical (unpaired) electrons. The summed E-state index contributed by atoms with van der Waals surface area (Å²) in [4.78, 5) is 0.